The quantitative estimate of drug-likeness (QED) is 0.740. The van der Waals surface area contributed by atoms with Gasteiger partial charge in [0.25, 0.3) is 5.91 Å². The number of carbonyl (C=O) groups is 1. The third-order valence-corrected chi connectivity index (χ3v) is 3.97. The van der Waals surface area contributed by atoms with Crippen molar-refractivity contribution in [3.63, 3.8) is 0 Å². The van der Waals surface area contributed by atoms with Crippen molar-refractivity contribution in [2.45, 2.75) is 33.1 Å². The van der Waals surface area contributed by atoms with Crippen molar-refractivity contribution in [2.24, 2.45) is 0 Å². The highest BCUT2D eigenvalue weighted by atomic mass is 35.5. The van der Waals surface area contributed by atoms with Gasteiger partial charge in [-0.05, 0) is 43.0 Å². The molecule has 0 unspecified atom stereocenters. The second-order valence-electron chi connectivity index (χ2n) is 5.86. The smallest absolute Gasteiger partial charge is 0.270 e. The Bertz CT molecular complexity index is 687. The Morgan fingerprint density at radius 2 is 1.96 bits per heavy atom. The van der Waals surface area contributed by atoms with E-state index in [2.05, 4.69) is 34.0 Å². The lowest BCUT2D eigenvalue weighted by Gasteiger charge is -2.21. The van der Waals surface area contributed by atoms with Crippen LogP contribution in [-0.2, 0) is 6.42 Å². The van der Waals surface area contributed by atoms with Crippen LogP contribution < -0.4 is 10.2 Å². The number of rotatable bonds is 9. The molecule has 0 radical (unpaired) electrons. The van der Waals surface area contributed by atoms with Crippen LogP contribution in [0.2, 0.25) is 5.02 Å². The Balaban J connectivity index is 1.95. The highest BCUT2D eigenvalue weighted by molar-refractivity contribution is 6.30. The summed E-state index contributed by atoms with van der Waals surface area (Å²) in [6.45, 7) is 6.54. The van der Waals surface area contributed by atoms with E-state index in [4.69, 9.17) is 11.6 Å². The van der Waals surface area contributed by atoms with E-state index in [1.165, 1.54) is 0 Å². The van der Waals surface area contributed by atoms with Crippen molar-refractivity contribution in [1.29, 1.82) is 0 Å². The molecular formula is C19H25ClN4O. The van der Waals surface area contributed by atoms with E-state index in [1.54, 1.807) is 12.3 Å². The summed E-state index contributed by atoms with van der Waals surface area (Å²) in [7, 11) is 0. The first kappa shape index (κ1) is 19.2. The topological polar surface area (TPSA) is 58.1 Å². The van der Waals surface area contributed by atoms with Crippen molar-refractivity contribution in [1.82, 2.24) is 15.3 Å². The third-order valence-electron chi connectivity index (χ3n) is 3.73. The van der Waals surface area contributed by atoms with Gasteiger partial charge >= 0.3 is 0 Å². The van der Waals surface area contributed by atoms with Crippen molar-refractivity contribution >= 4 is 23.5 Å². The molecule has 0 saturated heterocycles. The fraction of sp³-hybridized carbons (Fsp3) is 0.421. The number of anilines is 1. The zero-order chi connectivity index (χ0) is 18.1. The van der Waals surface area contributed by atoms with Gasteiger partial charge in [-0.2, -0.15) is 0 Å². The molecule has 1 amide bonds. The summed E-state index contributed by atoms with van der Waals surface area (Å²) >= 11 is 5.97. The number of nitrogens with one attached hydrogen (secondary N) is 1. The van der Waals surface area contributed by atoms with E-state index in [-0.39, 0.29) is 5.91 Å². The summed E-state index contributed by atoms with van der Waals surface area (Å²) in [5.74, 6) is 0.435. The van der Waals surface area contributed by atoms with Gasteiger partial charge < -0.3 is 10.2 Å². The molecule has 2 aromatic rings. The molecule has 1 N–H and O–H groups in total. The van der Waals surface area contributed by atoms with E-state index in [0.29, 0.717) is 23.2 Å². The molecule has 1 aromatic carbocycles. The van der Waals surface area contributed by atoms with Crippen LogP contribution in [0.15, 0.2) is 36.5 Å². The average Bonchev–Trinajstić information content (AvgIpc) is 2.61. The van der Waals surface area contributed by atoms with Crippen LogP contribution in [-0.4, -0.2) is 35.5 Å². The Labute approximate surface area is 154 Å². The van der Waals surface area contributed by atoms with E-state index in [9.17, 15) is 4.79 Å². The maximum Gasteiger partial charge on any atom is 0.270 e. The van der Waals surface area contributed by atoms with E-state index >= 15 is 0 Å². The van der Waals surface area contributed by atoms with Crippen molar-refractivity contribution < 1.29 is 4.79 Å². The second kappa shape index (κ2) is 9.99. The number of benzene rings is 1. The Hall–Kier alpha value is -2.14. The fourth-order valence-electron chi connectivity index (χ4n) is 2.58. The standard InChI is InChI=1S/C19H25ClN4O/c1-3-12-24(13-4-2)19-22-11-9-17(23-19)18(25)21-10-8-15-6-5-7-16(20)14-15/h5-7,9,11,14H,3-4,8,10,12-13H2,1-2H3,(H,21,25). The molecule has 134 valence electrons. The SMILES string of the molecule is CCCN(CCC)c1nccc(C(=O)NCCc2cccc(Cl)c2)n1. The first-order valence-electron chi connectivity index (χ1n) is 8.74. The lowest BCUT2D eigenvalue weighted by Crippen LogP contribution is -2.30. The van der Waals surface area contributed by atoms with Crippen molar-refractivity contribution in [3.05, 3.63) is 52.8 Å². The summed E-state index contributed by atoms with van der Waals surface area (Å²) in [6.07, 6.45) is 4.40. The molecule has 2 rings (SSSR count). The Kier molecular flexibility index (Phi) is 7.67. The van der Waals surface area contributed by atoms with E-state index in [0.717, 1.165) is 37.9 Å². The maximum absolute atomic E-state index is 12.3. The molecule has 0 atom stereocenters. The normalized spacial score (nSPS) is 10.5. The highest BCUT2D eigenvalue weighted by Crippen LogP contribution is 2.11. The van der Waals surface area contributed by atoms with Gasteiger partial charge in [-0.15, -0.1) is 0 Å². The molecule has 0 fully saturated rings. The first-order valence-corrected chi connectivity index (χ1v) is 9.12. The van der Waals surface area contributed by atoms with E-state index in [1.807, 2.05) is 24.3 Å². The van der Waals surface area contributed by atoms with Gasteiger partial charge in [0.2, 0.25) is 5.95 Å². The second-order valence-corrected chi connectivity index (χ2v) is 6.30. The minimum absolute atomic E-state index is 0.182. The first-order chi connectivity index (χ1) is 12.1. The monoisotopic (exact) mass is 360 g/mol. The molecule has 5 nitrogen and oxygen atoms in total. The van der Waals surface area contributed by atoms with Gasteiger partial charge in [-0.3, -0.25) is 4.79 Å². The fourth-order valence-corrected chi connectivity index (χ4v) is 2.80. The molecule has 6 heteroatoms. The summed E-state index contributed by atoms with van der Waals surface area (Å²) in [4.78, 5) is 23.2. The van der Waals surface area contributed by atoms with Gasteiger partial charge in [0, 0.05) is 30.9 Å². The summed E-state index contributed by atoms with van der Waals surface area (Å²) in [5, 5.41) is 3.61. The molecule has 0 aliphatic carbocycles. The highest BCUT2D eigenvalue weighted by Gasteiger charge is 2.12. The Morgan fingerprint density at radius 3 is 2.64 bits per heavy atom. The minimum atomic E-state index is -0.182. The maximum atomic E-state index is 12.3. The number of hydrogen-bond donors (Lipinski definition) is 1. The predicted molar refractivity (Wildman–Crippen MR) is 102 cm³/mol. The van der Waals surface area contributed by atoms with Crippen LogP contribution in [0, 0.1) is 0 Å². The number of carbonyl (C=O) groups excluding carboxylic acids is 1. The van der Waals surface area contributed by atoms with Crippen LogP contribution in [0.5, 0.6) is 0 Å². The number of aromatic nitrogens is 2. The molecular weight excluding hydrogens is 336 g/mol. The van der Waals surface area contributed by atoms with Crippen molar-refractivity contribution in [3.8, 4) is 0 Å². The minimum Gasteiger partial charge on any atom is -0.350 e. The summed E-state index contributed by atoms with van der Waals surface area (Å²) < 4.78 is 0. The molecule has 25 heavy (non-hydrogen) atoms. The van der Waals surface area contributed by atoms with Gasteiger partial charge in [-0.25, -0.2) is 9.97 Å². The lowest BCUT2D eigenvalue weighted by atomic mass is 10.1. The van der Waals surface area contributed by atoms with Crippen molar-refractivity contribution in [2.75, 3.05) is 24.5 Å². The van der Waals surface area contributed by atoms with Crippen LogP contribution in [0.1, 0.15) is 42.7 Å². The van der Waals surface area contributed by atoms with Crippen LogP contribution in [0.3, 0.4) is 0 Å². The number of hydrogen-bond acceptors (Lipinski definition) is 4. The third kappa shape index (κ3) is 6.02. The van der Waals surface area contributed by atoms with Gasteiger partial charge in [0.1, 0.15) is 5.69 Å². The lowest BCUT2D eigenvalue weighted by molar-refractivity contribution is 0.0949. The van der Waals surface area contributed by atoms with Gasteiger partial charge in [0.15, 0.2) is 0 Å². The number of amides is 1. The summed E-state index contributed by atoms with van der Waals surface area (Å²) in [6, 6.07) is 9.29. The number of nitrogens with zero attached hydrogens (tertiary/aromatic N) is 3. The molecule has 1 heterocycles. The molecule has 1 aromatic heterocycles. The molecule has 0 aliphatic rings. The van der Waals surface area contributed by atoms with Crippen LogP contribution in [0.4, 0.5) is 5.95 Å². The molecule has 0 saturated carbocycles. The largest absolute Gasteiger partial charge is 0.350 e. The zero-order valence-corrected chi connectivity index (χ0v) is 15.6. The van der Waals surface area contributed by atoms with E-state index < -0.39 is 0 Å². The number of halogens is 1. The van der Waals surface area contributed by atoms with Crippen LogP contribution in [0.25, 0.3) is 0 Å². The average molecular weight is 361 g/mol. The van der Waals surface area contributed by atoms with Gasteiger partial charge in [0.05, 0.1) is 0 Å². The molecule has 0 bridgehead atoms. The summed E-state index contributed by atoms with van der Waals surface area (Å²) in [5.41, 5.74) is 1.49. The molecule has 0 aliphatic heterocycles. The van der Waals surface area contributed by atoms with Gasteiger partial charge in [-0.1, -0.05) is 37.6 Å². The Morgan fingerprint density at radius 1 is 1.20 bits per heavy atom. The predicted octanol–water partition coefficient (Wildman–Crippen LogP) is 3.73. The zero-order valence-electron chi connectivity index (χ0n) is 14.8. The van der Waals surface area contributed by atoms with Crippen LogP contribution >= 0.6 is 11.6 Å². The molecule has 0 spiro atoms.